The lowest BCUT2D eigenvalue weighted by Crippen LogP contribution is -1.89. The molecule has 0 aliphatic heterocycles. The fourth-order valence-electron chi connectivity index (χ4n) is 1.83. The molecule has 0 spiro atoms. The predicted octanol–water partition coefficient (Wildman–Crippen LogP) is 4.38. The van der Waals surface area contributed by atoms with Gasteiger partial charge < -0.3 is 4.74 Å². The summed E-state index contributed by atoms with van der Waals surface area (Å²) in [5, 5.41) is 1.50. The highest BCUT2D eigenvalue weighted by Crippen LogP contribution is 2.28. The standard InChI is InChI=1S/C15H11ClN2O/c1-10-9-18-15(16)8-14(10)19-12-5-4-11-3-2-6-17-13(11)7-12/h2-9H,1H3. The van der Waals surface area contributed by atoms with Crippen LogP contribution in [0.5, 0.6) is 11.5 Å². The summed E-state index contributed by atoms with van der Waals surface area (Å²) < 4.78 is 5.83. The van der Waals surface area contributed by atoms with Crippen LogP contribution in [-0.2, 0) is 0 Å². The Morgan fingerprint density at radius 1 is 1.11 bits per heavy atom. The first-order valence-corrected chi connectivity index (χ1v) is 6.25. The second kappa shape index (κ2) is 4.86. The molecule has 0 N–H and O–H groups in total. The van der Waals surface area contributed by atoms with Crippen LogP contribution in [0.25, 0.3) is 10.9 Å². The average molecular weight is 271 g/mol. The number of halogens is 1. The van der Waals surface area contributed by atoms with Gasteiger partial charge in [0.1, 0.15) is 16.7 Å². The van der Waals surface area contributed by atoms with Crippen LogP contribution in [0, 0.1) is 6.92 Å². The van der Waals surface area contributed by atoms with Crippen molar-refractivity contribution < 1.29 is 4.74 Å². The number of nitrogens with zero attached hydrogens (tertiary/aromatic N) is 2. The van der Waals surface area contributed by atoms with Crippen molar-refractivity contribution in [3.8, 4) is 11.5 Å². The van der Waals surface area contributed by atoms with Gasteiger partial charge in [-0.25, -0.2) is 4.98 Å². The Morgan fingerprint density at radius 3 is 2.89 bits per heavy atom. The molecular formula is C15H11ClN2O. The van der Waals surface area contributed by atoms with E-state index in [9.17, 15) is 0 Å². The van der Waals surface area contributed by atoms with E-state index < -0.39 is 0 Å². The molecule has 0 unspecified atom stereocenters. The Bertz CT molecular complexity index is 743. The van der Waals surface area contributed by atoms with Crippen molar-refractivity contribution >= 4 is 22.5 Å². The molecule has 0 atom stereocenters. The van der Waals surface area contributed by atoms with Crippen molar-refractivity contribution in [3.63, 3.8) is 0 Å². The highest BCUT2D eigenvalue weighted by molar-refractivity contribution is 6.29. The molecular weight excluding hydrogens is 260 g/mol. The molecule has 0 bridgehead atoms. The van der Waals surface area contributed by atoms with Crippen LogP contribution < -0.4 is 4.74 Å². The lowest BCUT2D eigenvalue weighted by atomic mass is 10.2. The van der Waals surface area contributed by atoms with Crippen molar-refractivity contribution in [1.29, 1.82) is 0 Å². The lowest BCUT2D eigenvalue weighted by Gasteiger charge is -2.09. The van der Waals surface area contributed by atoms with Crippen molar-refractivity contribution in [3.05, 3.63) is 59.5 Å². The van der Waals surface area contributed by atoms with Gasteiger partial charge >= 0.3 is 0 Å². The van der Waals surface area contributed by atoms with Crippen molar-refractivity contribution in [2.45, 2.75) is 6.92 Å². The van der Waals surface area contributed by atoms with Crippen molar-refractivity contribution in [2.24, 2.45) is 0 Å². The third-order valence-corrected chi connectivity index (χ3v) is 3.03. The molecule has 94 valence electrons. The van der Waals surface area contributed by atoms with E-state index in [1.165, 1.54) is 0 Å². The second-order valence-corrected chi connectivity index (χ2v) is 4.62. The molecule has 2 aromatic heterocycles. The number of benzene rings is 1. The molecule has 0 aliphatic carbocycles. The zero-order valence-corrected chi connectivity index (χ0v) is 11.1. The van der Waals surface area contributed by atoms with Crippen LogP contribution in [0.4, 0.5) is 0 Å². The Kier molecular flexibility index (Phi) is 3.05. The molecule has 0 fully saturated rings. The maximum Gasteiger partial charge on any atom is 0.134 e. The van der Waals surface area contributed by atoms with Gasteiger partial charge in [0.05, 0.1) is 5.52 Å². The molecule has 19 heavy (non-hydrogen) atoms. The van der Waals surface area contributed by atoms with Crippen LogP contribution in [0.15, 0.2) is 48.8 Å². The van der Waals surface area contributed by atoms with E-state index in [0.29, 0.717) is 10.9 Å². The van der Waals surface area contributed by atoms with Crippen molar-refractivity contribution in [1.82, 2.24) is 9.97 Å². The number of hydrogen-bond donors (Lipinski definition) is 0. The predicted molar refractivity (Wildman–Crippen MR) is 75.8 cm³/mol. The van der Waals surface area contributed by atoms with Crippen LogP contribution >= 0.6 is 11.6 Å². The summed E-state index contributed by atoms with van der Waals surface area (Å²) in [6.45, 7) is 1.93. The Balaban J connectivity index is 1.98. The van der Waals surface area contributed by atoms with E-state index in [0.717, 1.165) is 22.2 Å². The first kappa shape index (κ1) is 11.9. The first-order chi connectivity index (χ1) is 9.22. The summed E-state index contributed by atoms with van der Waals surface area (Å²) in [6, 6.07) is 11.4. The average Bonchev–Trinajstić information content (AvgIpc) is 2.43. The van der Waals surface area contributed by atoms with Gasteiger partial charge in [-0.2, -0.15) is 0 Å². The van der Waals surface area contributed by atoms with E-state index in [1.54, 1.807) is 18.5 Å². The number of hydrogen-bond acceptors (Lipinski definition) is 3. The molecule has 3 nitrogen and oxygen atoms in total. The topological polar surface area (TPSA) is 35.0 Å². The molecule has 1 aromatic carbocycles. The first-order valence-electron chi connectivity index (χ1n) is 5.87. The summed E-state index contributed by atoms with van der Waals surface area (Å²) in [5.74, 6) is 1.44. The van der Waals surface area contributed by atoms with E-state index >= 15 is 0 Å². The molecule has 4 heteroatoms. The summed E-state index contributed by atoms with van der Waals surface area (Å²) in [5.41, 5.74) is 1.84. The zero-order valence-electron chi connectivity index (χ0n) is 10.3. The zero-order chi connectivity index (χ0) is 13.2. The van der Waals surface area contributed by atoms with E-state index in [-0.39, 0.29) is 0 Å². The van der Waals surface area contributed by atoms with Gasteiger partial charge in [0.2, 0.25) is 0 Å². The molecule has 2 heterocycles. The number of rotatable bonds is 2. The van der Waals surface area contributed by atoms with E-state index in [1.807, 2.05) is 37.3 Å². The van der Waals surface area contributed by atoms with Gasteiger partial charge in [0.25, 0.3) is 0 Å². The third-order valence-electron chi connectivity index (χ3n) is 2.83. The molecule has 0 radical (unpaired) electrons. The van der Waals surface area contributed by atoms with E-state index in [2.05, 4.69) is 9.97 Å². The lowest BCUT2D eigenvalue weighted by molar-refractivity contribution is 0.478. The van der Waals surface area contributed by atoms with Crippen LogP contribution in [-0.4, -0.2) is 9.97 Å². The van der Waals surface area contributed by atoms with Crippen LogP contribution in [0.1, 0.15) is 5.56 Å². The minimum absolute atomic E-state index is 0.416. The van der Waals surface area contributed by atoms with E-state index in [4.69, 9.17) is 16.3 Å². The second-order valence-electron chi connectivity index (χ2n) is 4.23. The fraction of sp³-hybridized carbons (Fsp3) is 0.0667. The number of aromatic nitrogens is 2. The van der Waals surface area contributed by atoms with Gasteiger partial charge in [0, 0.05) is 35.5 Å². The Morgan fingerprint density at radius 2 is 2.00 bits per heavy atom. The largest absolute Gasteiger partial charge is 0.457 e. The molecule has 3 rings (SSSR count). The maximum atomic E-state index is 5.87. The Labute approximate surface area is 115 Å². The number of ether oxygens (including phenoxy) is 1. The third kappa shape index (κ3) is 2.51. The van der Waals surface area contributed by atoms with Gasteiger partial charge in [-0.1, -0.05) is 17.7 Å². The monoisotopic (exact) mass is 270 g/mol. The molecule has 0 amide bonds. The number of pyridine rings is 2. The summed E-state index contributed by atoms with van der Waals surface area (Å²) in [4.78, 5) is 8.31. The van der Waals surface area contributed by atoms with Crippen LogP contribution in [0.2, 0.25) is 5.15 Å². The summed E-state index contributed by atoms with van der Waals surface area (Å²) in [6.07, 6.45) is 3.46. The number of fused-ring (bicyclic) bond motifs is 1. The minimum Gasteiger partial charge on any atom is -0.457 e. The summed E-state index contributed by atoms with van der Waals surface area (Å²) in [7, 11) is 0. The summed E-state index contributed by atoms with van der Waals surface area (Å²) >= 11 is 5.87. The normalized spacial score (nSPS) is 10.6. The number of aryl methyl sites for hydroxylation is 1. The molecule has 0 saturated carbocycles. The quantitative estimate of drug-likeness (QED) is 0.648. The van der Waals surface area contributed by atoms with Gasteiger partial charge in [-0.15, -0.1) is 0 Å². The van der Waals surface area contributed by atoms with Crippen LogP contribution in [0.3, 0.4) is 0 Å². The highest BCUT2D eigenvalue weighted by Gasteiger charge is 2.04. The Hall–Kier alpha value is -2.13. The molecule has 3 aromatic rings. The van der Waals surface area contributed by atoms with Gasteiger partial charge in [0.15, 0.2) is 0 Å². The maximum absolute atomic E-state index is 5.87. The highest BCUT2D eigenvalue weighted by atomic mass is 35.5. The minimum atomic E-state index is 0.416. The van der Waals surface area contributed by atoms with Gasteiger partial charge in [-0.05, 0) is 25.1 Å². The smallest absolute Gasteiger partial charge is 0.134 e. The SMILES string of the molecule is Cc1cnc(Cl)cc1Oc1ccc2cccnc2c1. The molecule has 0 saturated heterocycles. The van der Waals surface area contributed by atoms with Gasteiger partial charge in [-0.3, -0.25) is 4.98 Å². The van der Waals surface area contributed by atoms with Crippen molar-refractivity contribution in [2.75, 3.05) is 0 Å². The molecule has 0 aliphatic rings. The fourth-order valence-corrected chi connectivity index (χ4v) is 1.98.